The molecule has 0 aliphatic heterocycles. The van der Waals surface area contributed by atoms with Crippen LogP contribution in [-0.4, -0.2) is 21.1 Å². The highest BCUT2D eigenvalue weighted by atomic mass is 35.5. The van der Waals surface area contributed by atoms with Crippen LogP contribution in [0.4, 0.5) is 0 Å². The molecule has 0 unspecified atom stereocenters. The Balaban J connectivity index is 1.64. The minimum atomic E-state index is -0.651. The number of halogens is 2. The maximum absolute atomic E-state index is 5.89. The van der Waals surface area contributed by atoms with E-state index in [1.807, 2.05) is 30.3 Å². The van der Waals surface area contributed by atoms with E-state index < -0.39 is 4.33 Å². The van der Waals surface area contributed by atoms with Gasteiger partial charge >= 0.3 is 6.08 Å². The second-order valence-corrected chi connectivity index (χ2v) is 5.75. The van der Waals surface area contributed by atoms with E-state index in [9.17, 15) is 0 Å². The van der Waals surface area contributed by atoms with Crippen molar-refractivity contribution in [3.63, 3.8) is 0 Å². The monoisotopic (exact) mass is 284 g/mol. The Kier molecular flexibility index (Phi) is 2.92. The van der Waals surface area contributed by atoms with Crippen LogP contribution in [-0.2, 0) is 0 Å². The quantitative estimate of drug-likeness (QED) is 0.809. The van der Waals surface area contributed by atoms with Crippen molar-refractivity contribution in [2.24, 2.45) is 5.92 Å². The first-order valence-corrected chi connectivity index (χ1v) is 6.30. The maximum atomic E-state index is 5.89. The number of hydrogen-bond acceptors (Lipinski definition) is 4. The van der Waals surface area contributed by atoms with Crippen molar-refractivity contribution in [3.05, 3.63) is 30.3 Å². The number of alkyl halides is 2. The summed E-state index contributed by atoms with van der Waals surface area (Å²) in [6.45, 7) is 0.392. The maximum Gasteiger partial charge on any atom is 0.414 e. The van der Waals surface area contributed by atoms with Crippen LogP contribution in [0.3, 0.4) is 0 Å². The predicted molar refractivity (Wildman–Crippen MR) is 67.8 cm³/mol. The summed E-state index contributed by atoms with van der Waals surface area (Å²) in [6, 6.07) is 9.51. The molecule has 6 heteroatoms. The molecule has 0 N–H and O–H groups in total. The summed E-state index contributed by atoms with van der Waals surface area (Å²) in [4.78, 5) is 0. The molecule has 1 aliphatic rings. The molecule has 1 aromatic carbocycles. The molecule has 1 aromatic heterocycles. The SMILES string of the molecule is ClC1(Cl)C[C@H]1COc1nnc(-c2ccccc2)o1. The fourth-order valence-electron chi connectivity index (χ4n) is 1.59. The Bertz CT molecular complexity index is 542. The third-order valence-electron chi connectivity index (χ3n) is 2.79. The zero-order valence-electron chi connectivity index (χ0n) is 9.35. The molecule has 1 saturated carbocycles. The van der Waals surface area contributed by atoms with E-state index in [4.69, 9.17) is 32.4 Å². The Morgan fingerprint density at radius 2 is 2.00 bits per heavy atom. The van der Waals surface area contributed by atoms with Crippen LogP contribution in [0.1, 0.15) is 6.42 Å². The van der Waals surface area contributed by atoms with Gasteiger partial charge in [-0.05, 0) is 18.6 Å². The van der Waals surface area contributed by atoms with Gasteiger partial charge in [0.1, 0.15) is 4.33 Å². The van der Waals surface area contributed by atoms with Gasteiger partial charge in [0, 0.05) is 11.5 Å². The molecule has 4 nitrogen and oxygen atoms in total. The lowest BCUT2D eigenvalue weighted by molar-refractivity contribution is 0.220. The molecule has 1 fully saturated rings. The second-order valence-electron chi connectivity index (χ2n) is 4.21. The molecule has 0 bridgehead atoms. The molecule has 0 radical (unpaired) electrons. The van der Waals surface area contributed by atoms with Crippen molar-refractivity contribution in [2.75, 3.05) is 6.61 Å². The van der Waals surface area contributed by atoms with E-state index >= 15 is 0 Å². The van der Waals surface area contributed by atoms with Crippen molar-refractivity contribution < 1.29 is 9.15 Å². The van der Waals surface area contributed by atoms with Gasteiger partial charge in [-0.2, -0.15) is 0 Å². The molecule has 94 valence electrons. The largest absolute Gasteiger partial charge is 0.449 e. The molecule has 0 saturated heterocycles. The highest BCUT2D eigenvalue weighted by Gasteiger charge is 2.52. The molecule has 1 heterocycles. The van der Waals surface area contributed by atoms with Crippen LogP contribution in [0.2, 0.25) is 0 Å². The van der Waals surface area contributed by atoms with Crippen LogP contribution in [0, 0.1) is 5.92 Å². The predicted octanol–water partition coefficient (Wildman–Crippen LogP) is 3.31. The number of aromatic nitrogens is 2. The number of ether oxygens (including phenoxy) is 1. The van der Waals surface area contributed by atoms with Crippen LogP contribution >= 0.6 is 23.2 Å². The van der Waals surface area contributed by atoms with E-state index in [0.29, 0.717) is 12.5 Å². The number of nitrogens with zero attached hydrogens (tertiary/aromatic N) is 2. The Hall–Kier alpha value is -1.26. The zero-order chi connectivity index (χ0) is 12.6. The van der Waals surface area contributed by atoms with Gasteiger partial charge in [0.2, 0.25) is 0 Å². The minimum absolute atomic E-state index is 0.132. The van der Waals surface area contributed by atoms with Crippen molar-refractivity contribution in [2.45, 2.75) is 10.8 Å². The van der Waals surface area contributed by atoms with Gasteiger partial charge in [0.15, 0.2) is 0 Å². The summed E-state index contributed by atoms with van der Waals surface area (Å²) >= 11 is 11.8. The van der Waals surface area contributed by atoms with E-state index in [1.165, 1.54) is 0 Å². The van der Waals surface area contributed by atoms with Crippen molar-refractivity contribution >= 4 is 23.2 Å². The fourth-order valence-corrected chi connectivity index (χ4v) is 2.09. The lowest BCUT2D eigenvalue weighted by Crippen LogP contribution is -2.04. The smallest absolute Gasteiger partial charge is 0.414 e. The van der Waals surface area contributed by atoms with Gasteiger partial charge in [0.05, 0.1) is 6.61 Å². The van der Waals surface area contributed by atoms with E-state index in [-0.39, 0.29) is 12.0 Å². The first-order chi connectivity index (χ1) is 8.65. The van der Waals surface area contributed by atoms with Gasteiger partial charge in [0.25, 0.3) is 5.89 Å². The molecular weight excluding hydrogens is 275 g/mol. The summed E-state index contributed by atoms with van der Waals surface area (Å²) in [6.07, 6.45) is 0.875. The highest BCUT2D eigenvalue weighted by Crippen LogP contribution is 2.53. The number of benzene rings is 1. The standard InChI is InChI=1S/C12H10Cl2N2O2/c13-12(14)6-9(12)7-17-11-16-15-10(18-11)8-4-2-1-3-5-8/h1-5,9H,6-7H2/t9-/m0/s1. The molecule has 2 aromatic rings. The first kappa shape index (κ1) is 11.8. The molecule has 3 rings (SSSR count). The second kappa shape index (κ2) is 4.44. The number of hydrogen-bond donors (Lipinski definition) is 0. The van der Waals surface area contributed by atoms with Crippen LogP contribution in [0.15, 0.2) is 34.7 Å². The zero-order valence-corrected chi connectivity index (χ0v) is 10.9. The van der Waals surface area contributed by atoms with Crippen molar-refractivity contribution in [3.8, 4) is 17.5 Å². The minimum Gasteiger partial charge on any atom is -0.449 e. The van der Waals surface area contributed by atoms with Gasteiger partial charge in [-0.15, -0.1) is 28.3 Å². The number of rotatable bonds is 4. The van der Waals surface area contributed by atoms with E-state index in [0.717, 1.165) is 12.0 Å². The summed E-state index contributed by atoms with van der Waals surface area (Å²) in [5, 5.41) is 7.73. The summed E-state index contributed by atoms with van der Waals surface area (Å²) in [7, 11) is 0. The van der Waals surface area contributed by atoms with E-state index in [2.05, 4.69) is 10.2 Å². The molecule has 18 heavy (non-hydrogen) atoms. The average Bonchev–Trinajstić information content (AvgIpc) is 2.79. The van der Waals surface area contributed by atoms with Gasteiger partial charge in [-0.3, -0.25) is 0 Å². The third kappa shape index (κ3) is 2.44. The Labute approximate surface area is 114 Å². The van der Waals surface area contributed by atoms with E-state index in [1.54, 1.807) is 0 Å². The average molecular weight is 285 g/mol. The fraction of sp³-hybridized carbons (Fsp3) is 0.333. The molecule has 0 amide bonds. The topological polar surface area (TPSA) is 48.2 Å². The lowest BCUT2D eigenvalue weighted by atomic mass is 10.2. The van der Waals surface area contributed by atoms with Gasteiger partial charge < -0.3 is 9.15 Å². The Morgan fingerprint density at radius 3 is 2.67 bits per heavy atom. The molecular formula is C12H10Cl2N2O2. The van der Waals surface area contributed by atoms with Crippen molar-refractivity contribution in [1.29, 1.82) is 0 Å². The summed E-state index contributed by atoms with van der Waals surface area (Å²) in [5.41, 5.74) is 0.857. The third-order valence-corrected chi connectivity index (χ3v) is 3.72. The van der Waals surface area contributed by atoms with Crippen LogP contribution in [0.5, 0.6) is 6.08 Å². The first-order valence-electron chi connectivity index (χ1n) is 5.55. The summed E-state index contributed by atoms with van der Waals surface area (Å²) < 4.78 is 10.1. The van der Waals surface area contributed by atoms with Crippen molar-refractivity contribution in [1.82, 2.24) is 10.2 Å². The van der Waals surface area contributed by atoms with Crippen LogP contribution < -0.4 is 4.74 Å². The van der Waals surface area contributed by atoms with Gasteiger partial charge in [-0.1, -0.05) is 23.3 Å². The molecule has 1 atom stereocenters. The summed E-state index contributed by atoms with van der Waals surface area (Å²) in [5.74, 6) is 0.567. The van der Waals surface area contributed by atoms with Gasteiger partial charge in [-0.25, -0.2) is 0 Å². The Morgan fingerprint density at radius 1 is 1.28 bits per heavy atom. The highest BCUT2D eigenvalue weighted by molar-refractivity contribution is 6.50. The molecule has 0 spiro atoms. The molecule has 1 aliphatic carbocycles. The normalized spacial score (nSPS) is 20.7. The van der Waals surface area contributed by atoms with Crippen LogP contribution in [0.25, 0.3) is 11.5 Å². The lowest BCUT2D eigenvalue weighted by Gasteiger charge is -1.99.